The summed E-state index contributed by atoms with van der Waals surface area (Å²) in [5.41, 5.74) is 0. The summed E-state index contributed by atoms with van der Waals surface area (Å²) in [6.07, 6.45) is 0. The Morgan fingerprint density at radius 1 is 1.27 bits per heavy atom. The van der Waals surface area contributed by atoms with E-state index in [9.17, 15) is 4.79 Å². The lowest BCUT2D eigenvalue weighted by Crippen LogP contribution is -2.27. The monoisotopic (exact) mass is 335 g/mol. The molecule has 2 heterocycles. The van der Waals surface area contributed by atoms with Gasteiger partial charge in [-0.1, -0.05) is 6.07 Å². The average Bonchev–Trinajstić information content (AvgIpc) is 3.05. The van der Waals surface area contributed by atoms with Crippen LogP contribution in [0.5, 0.6) is 11.5 Å². The van der Waals surface area contributed by atoms with Gasteiger partial charge in [-0.25, -0.2) is 0 Å². The highest BCUT2D eigenvalue weighted by molar-refractivity contribution is 8.00. The number of fused-ring (bicyclic) bond motifs is 1. The van der Waals surface area contributed by atoms with Gasteiger partial charge in [-0.2, -0.15) is 0 Å². The van der Waals surface area contributed by atoms with E-state index in [1.807, 2.05) is 42.8 Å². The fourth-order valence-corrected chi connectivity index (χ4v) is 3.72. The molecule has 0 fully saturated rings. The summed E-state index contributed by atoms with van der Waals surface area (Å²) in [5.74, 6) is 2.07. The number of carbonyl (C=O) groups is 1. The molecule has 0 bridgehead atoms. The molecule has 22 heavy (non-hydrogen) atoms. The molecule has 4 nitrogen and oxygen atoms in total. The smallest absolute Gasteiger partial charge is 0.233 e. The van der Waals surface area contributed by atoms with Gasteiger partial charge in [-0.15, -0.1) is 23.1 Å². The molecular weight excluding hydrogens is 318 g/mol. The molecule has 6 heteroatoms. The molecule has 1 aromatic heterocycles. The second-order valence-electron chi connectivity index (χ2n) is 4.92. The minimum absolute atomic E-state index is 0.119. The van der Waals surface area contributed by atoms with E-state index in [-0.39, 0.29) is 5.91 Å². The fraction of sp³-hybridized carbons (Fsp3) is 0.312. The van der Waals surface area contributed by atoms with E-state index in [0.717, 1.165) is 16.4 Å². The Labute approximate surface area is 138 Å². The first kappa shape index (κ1) is 15.2. The molecule has 0 atom stereocenters. The summed E-state index contributed by atoms with van der Waals surface area (Å²) in [5, 5.41) is 2.03. The van der Waals surface area contributed by atoms with E-state index < -0.39 is 0 Å². The van der Waals surface area contributed by atoms with Crippen molar-refractivity contribution in [1.82, 2.24) is 4.90 Å². The number of amides is 1. The number of hydrogen-bond donors (Lipinski definition) is 0. The summed E-state index contributed by atoms with van der Waals surface area (Å²) in [6, 6.07) is 9.85. The van der Waals surface area contributed by atoms with Gasteiger partial charge in [0.2, 0.25) is 5.91 Å². The summed E-state index contributed by atoms with van der Waals surface area (Å²) in [4.78, 5) is 16.2. The summed E-state index contributed by atoms with van der Waals surface area (Å²) in [6.45, 7) is 1.83. The van der Waals surface area contributed by atoms with Crippen molar-refractivity contribution in [1.29, 1.82) is 0 Å². The van der Waals surface area contributed by atoms with Crippen LogP contribution in [0.3, 0.4) is 0 Å². The zero-order valence-electron chi connectivity index (χ0n) is 12.3. The van der Waals surface area contributed by atoms with Crippen molar-refractivity contribution in [3.63, 3.8) is 0 Å². The predicted molar refractivity (Wildman–Crippen MR) is 88.9 cm³/mol. The normalized spacial score (nSPS) is 13.0. The SMILES string of the molecule is CN(Cc1cccs1)C(=O)CSc1ccc2c(c1)OCCO2. The molecule has 0 N–H and O–H groups in total. The number of thioether (sulfide) groups is 1. The quantitative estimate of drug-likeness (QED) is 0.786. The first-order valence-electron chi connectivity index (χ1n) is 7.01. The lowest BCUT2D eigenvalue weighted by molar-refractivity contribution is -0.127. The average molecular weight is 335 g/mol. The maximum atomic E-state index is 12.2. The highest BCUT2D eigenvalue weighted by atomic mass is 32.2. The molecule has 0 saturated carbocycles. The largest absolute Gasteiger partial charge is 0.486 e. The lowest BCUT2D eigenvalue weighted by atomic mass is 10.3. The Morgan fingerprint density at radius 3 is 2.86 bits per heavy atom. The second-order valence-corrected chi connectivity index (χ2v) is 7.00. The Hall–Kier alpha value is -1.66. The van der Waals surface area contributed by atoms with Crippen molar-refractivity contribution in [3.8, 4) is 11.5 Å². The topological polar surface area (TPSA) is 38.8 Å². The molecule has 3 rings (SSSR count). The van der Waals surface area contributed by atoms with E-state index >= 15 is 0 Å². The summed E-state index contributed by atoms with van der Waals surface area (Å²) in [7, 11) is 1.84. The zero-order valence-corrected chi connectivity index (χ0v) is 13.9. The van der Waals surface area contributed by atoms with Gasteiger partial charge in [-0.05, 0) is 29.6 Å². The van der Waals surface area contributed by atoms with Gasteiger partial charge in [0.05, 0.1) is 12.3 Å². The standard InChI is InChI=1S/C16H17NO3S2/c1-17(10-13-3-2-8-21-13)16(18)11-22-12-4-5-14-15(9-12)20-7-6-19-14/h2-5,8-9H,6-7,10-11H2,1H3. The van der Waals surface area contributed by atoms with Crippen molar-refractivity contribution in [2.45, 2.75) is 11.4 Å². The predicted octanol–water partition coefficient (Wildman–Crippen LogP) is 3.27. The highest BCUT2D eigenvalue weighted by Crippen LogP contribution is 2.34. The van der Waals surface area contributed by atoms with Crippen molar-refractivity contribution >= 4 is 29.0 Å². The minimum atomic E-state index is 0.119. The van der Waals surface area contributed by atoms with Crippen molar-refractivity contribution in [3.05, 3.63) is 40.6 Å². The number of thiophene rings is 1. The summed E-state index contributed by atoms with van der Waals surface area (Å²) >= 11 is 3.19. The molecule has 1 amide bonds. The Kier molecular flexibility index (Phi) is 4.90. The molecule has 2 aromatic rings. The van der Waals surface area contributed by atoms with Crippen molar-refractivity contribution in [2.24, 2.45) is 0 Å². The molecular formula is C16H17NO3S2. The molecule has 0 saturated heterocycles. The molecule has 0 aliphatic carbocycles. The van der Waals surface area contributed by atoms with Crippen molar-refractivity contribution in [2.75, 3.05) is 26.0 Å². The van der Waals surface area contributed by atoms with E-state index in [1.165, 1.54) is 16.6 Å². The molecule has 0 radical (unpaired) electrons. The first-order valence-corrected chi connectivity index (χ1v) is 8.88. The molecule has 0 unspecified atom stereocenters. The van der Waals surface area contributed by atoms with Crippen LogP contribution >= 0.6 is 23.1 Å². The number of hydrogen-bond acceptors (Lipinski definition) is 5. The molecule has 116 valence electrons. The number of benzene rings is 1. The van der Waals surface area contributed by atoms with Gasteiger partial charge in [0.1, 0.15) is 13.2 Å². The van der Waals surface area contributed by atoms with Gasteiger partial charge in [0.15, 0.2) is 11.5 Å². The van der Waals surface area contributed by atoms with Crippen LogP contribution in [0.2, 0.25) is 0 Å². The Morgan fingerprint density at radius 2 is 2.09 bits per heavy atom. The van der Waals surface area contributed by atoms with Gasteiger partial charge >= 0.3 is 0 Å². The van der Waals surface area contributed by atoms with E-state index in [1.54, 1.807) is 16.2 Å². The van der Waals surface area contributed by atoms with E-state index in [2.05, 4.69) is 0 Å². The van der Waals surface area contributed by atoms with Gasteiger partial charge < -0.3 is 14.4 Å². The van der Waals surface area contributed by atoms with Gasteiger partial charge in [0.25, 0.3) is 0 Å². The third-order valence-electron chi connectivity index (χ3n) is 3.27. The summed E-state index contributed by atoms with van der Waals surface area (Å²) < 4.78 is 11.0. The van der Waals surface area contributed by atoms with E-state index in [0.29, 0.717) is 25.5 Å². The third kappa shape index (κ3) is 3.75. The van der Waals surface area contributed by atoms with E-state index in [4.69, 9.17) is 9.47 Å². The van der Waals surface area contributed by atoms with Crippen LogP contribution in [-0.2, 0) is 11.3 Å². The molecule has 1 aromatic carbocycles. The minimum Gasteiger partial charge on any atom is -0.486 e. The van der Waals surface area contributed by atoms with Crippen LogP contribution < -0.4 is 9.47 Å². The maximum Gasteiger partial charge on any atom is 0.233 e. The van der Waals surface area contributed by atoms with Crippen molar-refractivity contribution < 1.29 is 14.3 Å². The van der Waals surface area contributed by atoms with Crippen LogP contribution in [0, 0.1) is 0 Å². The highest BCUT2D eigenvalue weighted by Gasteiger charge is 2.14. The van der Waals surface area contributed by atoms with Crippen LogP contribution in [0.25, 0.3) is 0 Å². The van der Waals surface area contributed by atoms with Gasteiger partial charge in [0, 0.05) is 16.8 Å². The number of rotatable bonds is 5. The van der Waals surface area contributed by atoms with Crippen LogP contribution in [0.1, 0.15) is 4.88 Å². The van der Waals surface area contributed by atoms with Crippen LogP contribution in [0.15, 0.2) is 40.6 Å². The third-order valence-corrected chi connectivity index (χ3v) is 5.11. The molecule has 1 aliphatic heterocycles. The first-order chi connectivity index (χ1) is 10.7. The van der Waals surface area contributed by atoms with Gasteiger partial charge in [-0.3, -0.25) is 4.79 Å². The lowest BCUT2D eigenvalue weighted by Gasteiger charge is -2.19. The number of ether oxygens (including phenoxy) is 2. The number of nitrogens with zero attached hydrogens (tertiary/aromatic N) is 1. The van der Waals surface area contributed by atoms with Crippen LogP contribution in [-0.4, -0.2) is 36.8 Å². The Balaban J connectivity index is 1.54. The second kappa shape index (κ2) is 7.07. The molecule has 0 spiro atoms. The van der Waals surface area contributed by atoms with Crippen LogP contribution in [0.4, 0.5) is 0 Å². The number of carbonyl (C=O) groups excluding carboxylic acids is 1. The Bertz CT molecular complexity index is 643. The molecule has 1 aliphatic rings. The maximum absolute atomic E-state index is 12.2. The zero-order chi connectivity index (χ0) is 15.4. The fourth-order valence-electron chi connectivity index (χ4n) is 2.09.